The molecular formula is C17H16ClN3O4S. The van der Waals surface area contributed by atoms with Gasteiger partial charge in [-0.2, -0.15) is 16.6 Å². The van der Waals surface area contributed by atoms with Gasteiger partial charge in [-0.25, -0.2) is 0 Å². The van der Waals surface area contributed by atoms with Crippen molar-refractivity contribution in [3.8, 4) is 6.07 Å². The van der Waals surface area contributed by atoms with Crippen LogP contribution in [-0.2, 0) is 14.3 Å². The predicted molar refractivity (Wildman–Crippen MR) is 97.9 cm³/mol. The van der Waals surface area contributed by atoms with E-state index in [0.29, 0.717) is 5.02 Å². The Kier molecular flexibility index (Phi) is 7.56. The molecule has 136 valence electrons. The molecule has 2 aromatic rings. The van der Waals surface area contributed by atoms with Gasteiger partial charge >= 0.3 is 11.8 Å². The third-order valence-electron chi connectivity index (χ3n) is 3.33. The summed E-state index contributed by atoms with van der Waals surface area (Å²) in [4.78, 5) is 24.1. The number of benzene rings is 1. The lowest BCUT2D eigenvalue weighted by molar-refractivity contribution is -0.136. The molecule has 7 nitrogen and oxygen atoms in total. The highest BCUT2D eigenvalue weighted by molar-refractivity contribution is 7.07. The van der Waals surface area contributed by atoms with Crippen molar-refractivity contribution in [2.45, 2.75) is 6.10 Å². The zero-order chi connectivity index (χ0) is 18.9. The molecule has 0 aliphatic carbocycles. The highest BCUT2D eigenvalue weighted by atomic mass is 35.5. The Morgan fingerprint density at radius 3 is 2.81 bits per heavy atom. The molecule has 1 atom stereocenters. The summed E-state index contributed by atoms with van der Waals surface area (Å²) < 4.78 is 5.49. The number of rotatable bonds is 7. The van der Waals surface area contributed by atoms with Crippen LogP contribution in [0.4, 0.5) is 5.69 Å². The number of hydrogen-bond donors (Lipinski definition) is 3. The molecular weight excluding hydrogens is 378 g/mol. The fourth-order valence-electron chi connectivity index (χ4n) is 2.09. The number of thiophene rings is 1. The summed E-state index contributed by atoms with van der Waals surface area (Å²) in [7, 11) is 0. The van der Waals surface area contributed by atoms with Crippen molar-refractivity contribution in [2.75, 3.05) is 25.1 Å². The van der Waals surface area contributed by atoms with Gasteiger partial charge in [-0.15, -0.1) is 0 Å². The van der Waals surface area contributed by atoms with Crippen LogP contribution in [0.1, 0.15) is 17.2 Å². The lowest BCUT2D eigenvalue weighted by Crippen LogP contribution is -2.38. The number of carbonyl (C=O) groups is 2. The fraction of sp³-hybridized carbons (Fsp3) is 0.235. The summed E-state index contributed by atoms with van der Waals surface area (Å²) in [5, 5.41) is 26.8. The first-order chi connectivity index (χ1) is 12.5. The van der Waals surface area contributed by atoms with Gasteiger partial charge in [-0.1, -0.05) is 11.6 Å². The zero-order valence-corrected chi connectivity index (χ0v) is 15.1. The molecule has 0 aliphatic rings. The quantitative estimate of drug-likeness (QED) is 0.623. The number of aliphatic hydroxyl groups is 1. The minimum atomic E-state index is -0.921. The SMILES string of the molecule is N#Cc1ccc(Cl)cc1NC(=O)C(=O)NC[C@@H](OCCO)c1ccsc1. The standard InChI is InChI=1S/C17H16ClN3O4S/c18-13-2-1-11(8-19)14(7-13)21-17(24)16(23)20-9-15(25-5-4-22)12-3-6-26-10-12/h1-3,6-7,10,15,22H,4-5,9H2,(H,20,23)(H,21,24)/t15-/m1/s1. The lowest BCUT2D eigenvalue weighted by Gasteiger charge is -2.17. The predicted octanol–water partition coefficient (Wildman–Crippen LogP) is 2.08. The van der Waals surface area contributed by atoms with Crippen LogP contribution in [0.25, 0.3) is 0 Å². The van der Waals surface area contributed by atoms with E-state index >= 15 is 0 Å². The summed E-state index contributed by atoms with van der Waals surface area (Å²) in [6, 6.07) is 8.10. The monoisotopic (exact) mass is 393 g/mol. The number of aliphatic hydroxyl groups excluding tert-OH is 1. The van der Waals surface area contributed by atoms with E-state index in [9.17, 15) is 9.59 Å². The number of carbonyl (C=O) groups excluding carboxylic acids is 2. The van der Waals surface area contributed by atoms with Gasteiger partial charge in [0.15, 0.2) is 0 Å². The first-order valence-electron chi connectivity index (χ1n) is 7.58. The first-order valence-corrected chi connectivity index (χ1v) is 8.90. The summed E-state index contributed by atoms with van der Waals surface area (Å²) >= 11 is 7.32. The van der Waals surface area contributed by atoms with Crippen molar-refractivity contribution >= 4 is 40.4 Å². The van der Waals surface area contributed by atoms with Crippen LogP contribution >= 0.6 is 22.9 Å². The van der Waals surface area contributed by atoms with Crippen LogP contribution in [-0.4, -0.2) is 36.7 Å². The van der Waals surface area contributed by atoms with Crippen LogP contribution in [0.2, 0.25) is 5.02 Å². The number of nitrogens with one attached hydrogen (secondary N) is 2. The summed E-state index contributed by atoms with van der Waals surface area (Å²) in [5.41, 5.74) is 1.19. The Hall–Kier alpha value is -2.44. The molecule has 9 heteroatoms. The number of anilines is 1. The Labute approximate surface area is 159 Å². The summed E-state index contributed by atoms with van der Waals surface area (Å²) in [6.45, 7) is 0.0149. The maximum atomic E-state index is 12.1. The number of amides is 2. The maximum absolute atomic E-state index is 12.1. The Morgan fingerprint density at radius 1 is 1.35 bits per heavy atom. The van der Waals surface area contributed by atoms with Crippen molar-refractivity contribution in [1.82, 2.24) is 5.32 Å². The number of nitrogens with zero attached hydrogens (tertiary/aromatic N) is 1. The molecule has 1 aromatic heterocycles. The minimum absolute atomic E-state index is 0.0592. The Balaban J connectivity index is 1.97. The first kappa shape index (κ1) is 19.9. The van der Waals surface area contributed by atoms with E-state index in [0.717, 1.165) is 5.56 Å². The van der Waals surface area contributed by atoms with E-state index in [2.05, 4.69) is 10.6 Å². The molecule has 0 bridgehead atoms. The molecule has 0 radical (unpaired) electrons. The highest BCUT2D eigenvalue weighted by Crippen LogP contribution is 2.21. The molecule has 3 N–H and O–H groups in total. The fourth-order valence-corrected chi connectivity index (χ4v) is 2.96. The number of ether oxygens (including phenoxy) is 1. The van der Waals surface area contributed by atoms with Crippen molar-refractivity contribution in [1.29, 1.82) is 5.26 Å². The second-order valence-corrected chi connectivity index (χ2v) is 6.32. The van der Waals surface area contributed by atoms with Crippen LogP contribution in [0.15, 0.2) is 35.0 Å². The molecule has 0 saturated carbocycles. The Bertz CT molecular complexity index is 805. The molecule has 0 fully saturated rings. The molecule has 2 rings (SSSR count). The van der Waals surface area contributed by atoms with E-state index < -0.39 is 17.9 Å². The lowest BCUT2D eigenvalue weighted by atomic mass is 10.2. The second-order valence-electron chi connectivity index (χ2n) is 5.11. The average molecular weight is 394 g/mol. The van der Waals surface area contributed by atoms with Gasteiger partial charge in [0.1, 0.15) is 12.2 Å². The van der Waals surface area contributed by atoms with Gasteiger partial charge < -0.3 is 20.5 Å². The van der Waals surface area contributed by atoms with E-state index in [1.807, 2.05) is 22.9 Å². The number of halogens is 1. The third kappa shape index (κ3) is 5.54. The number of nitriles is 1. The van der Waals surface area contributed by atoms with Gasteiger partial charge in [0.25, 0.3) is 0 Å². The Morgan fingerprint density at radius 2 is 2.15 bits per heavy atom. The van der Waals surface area contributed by atoms with E-state index in [4.69, 9.17) is 26.7 Å². The zero-order valence-electron chi connectivity index (χ0n) is 13.6. The third-order valence-corrected chi connectivity index (χ3v) is 4.27. The van der Waals surface area contributed by atoms with E-state index in [1.165, 1.54) is 29.5 Å². The maximum Gasteiger partial charge on any atom is 0.313 e. The van der Waals surface area contributed by atoms with Crippen molar-refractivity contribution in [3.63, 3.8) is 0 Å². The van der Waals surface area contributed by atoms with E-state index in [-0.39, 0.29) is 31.0 Å². The van der Waals surface area contributed by atoms with Gasteiger partial charge in [-0.05, 0) is 40.6 Å². The van der Waals surface area contributed by atoms with Crippen LogP contribution in [0.5, 0.6) is 0 Å². The van der Waals surface area contributed by atoms with Gasteiger partial charge in [0, 0.05) is 11.6 Å². The average Bonchev–Trinajstić information content (AvgIpc) is 3.16. The molecule has 26 heavy (non-hydrogen) atoms. The summed E-state index contributed by atoms with van der Waals surface area (Å²) in [6.07, 6.45) is -0.481. The molecule has 1 heterocycles. The normalized spacial score (nSPS) is 11.4. The number of hydrogen-bond acceptors (Lipinski definition) is 6. The molecule has 0 unspecified atom stereocenters. The van der Waals surface area contributed by atoms with Crippen molar-refractivity contribution in [2.24, 2.45) is 0 Å². The molecule has 0 spiro atoms. The van der Waals surface area contributed by atoms with Gasteiger partial charge in [0.2, 0.25) is 0 Å². The van der Waals surface area contributed by atoms with Crippen LogP contribution in [0.3, 0.4) is 0 Å². The van der Waals surface area contributed by atoms with Crippen molar-refractivity contribution < 1.29 is 19.4 Å². The smallest absolute Gasteiger partial charge is 0.313 e. The molecule has 0 aliphatic heterocycles. The van der Waals surface area contributed by atoms with Gasteiger partial charge in [0.05, 0.1) is 24.5 Å². The van der Waals surface area contributed by atoms with Crippen LogP contribution in [0, 0.1) is 11.3 Å². The second kappa shape index (κ2) is 9.89. The van der Waals surface area contributed by atoms with Gasteiger partial charge in [-0.3, -0.25) is 9.59 Å². The molecule has 2 amide bonds. The van der Waals surface area contributed by atoms with Crippen LogP contribution < -0.4 is 10.6 Å². The minimum Gasteiger partial charge on any atom is -0.394 e. The van der Waals surface area contributed by atoms with E-state index in [1.54, 1.807) is 0 Å². The van der Waals surface area contributed by atoms with Crippen molar-refractivity contribution in [3.05, 3.63) is 51.2 Å². The largest absolute Gasteiger partial charge is 0.394 e. The molecule has 1 aromatic carbocycles. The summed E-state index contributed by atoms with van der Waals surface area (Å²) in [5.74, 6) is -1.79. The molecule has 0 saturated heterocycles. The highest BCUT2D eigenvalue weighted by Gasteiger charge is 2.19. The topological polar surface area (TPSA) is 111 Å².